The van der Waals surface area contributed by atoms with Crippen LogP contribution in [0.4, 0.5) is 5.69 Å². The fourth-order valence-electron chi connectivity index (χ4n) is 3.75. The number of carbonyl (C=O) groups excluding carboxylic acids is 1. The van der Waals surface area contributed by atoms with Crippen LogP contribution in [0.25, 0.3) is 16.7 Å². The minimum Gasteiger partial charge on any atom is -0.354 e. The van der Waals surface area contributed by atoms with Crippen LogP contribution in [0.15, 0.2) is 30.5 Å². The molecule has 30 heavy (non-hydrogen) atoms. The molecule has 0 aliphatic heterocycles. The zero-order valence-electron chi connectivity index (χ0n) is 17.5. The SMILES string of the molecule is CCN(c1cc2nn(-c3ccc(C)cn3)c(C(=O)NC)c2cc1C1CC1)S(C)(=O)=O. The van der Waals surface area contributed by atoms with Crippen molar-refractivity contribution in [2.75, 3.05) is 24.2 Å². The smallest absolute Gasteiger partial charge is 0.270 e. The average molecular weight is 428 g/mol. The summed E-state index contributed by atoms with van der Waals surface area (Å²) in [5, 5.41) is 8.01. The Kier molecular flexibility index (Phi) is 5.01. The molecule has 4 rings (SSSR count). The number of fused-ring (bicyclic) bond motifs is 1. The van der Waals surface area contributed by atoms with Crippen molar-refractivity contribution >= 4 is 32.5 Å². The number of rotatable bonds is 6. The number of carbonyl (C=O) groups is 1. The quantitative estimate of drug-likeness (QED) is 0.652. The second kappa shape index (κ2) is 7.39. The van der Waals surface area contributed by atoms with Crippen molar-refractivity contribution in [3.8, 4) is 5.82 Å². The molecule has 1 amide bonds. The van der Waals surface area contributed by atoms with Crippen LogP contribution in [-0.2, 0) is 10.0 Å². The van der Waals surface area contributed by atoms with Gasteiger partial charge in [0.25, 0.3) is 5.91 Å². The zero-order chi connectivity index (χ0) is 21.6. The van der Waals surface area contributed by atoms with Gasteiger partial charge < -0.3 is 5.32 Å². The van der Waals surface area contributed by atoms with Gasteiger partial charge in [0, 0.05) is 25.2 Å². The molecule has 0 saturated heterocycles. The third-order valence-corrected chi connectivity index (χ3v) is 6.60. The van der Waals surface area contributed by atoms with Crippen LogP contribution in [0.2, 0.25) is 0 Å². The number of hydrogen-bond acceptors (Lipinski definition) is 5. The molecule has 0 spiro atoms. The Bertz CT molecular complexity index is 1230. The maximum Gasteiger partial charge on any atom is 0.270 e. The summed E-state index contributed by atoms with van der Waals surface area (Å²) in [6.07, 6.45) is 4.94. The molecular formula is C21H25N5O3S. The lowest BCUT2D eigenvalue weighted by atomic mass is 10.0. The van der Waals surface area contributed by atoms with Crippen molar-refractivity contribution in [3.05, 3.63) is 47.3 Å². The molecule has 0 atom stereocenters. The van der Waals surface area contributed by atoms with E-state index in [1.165, 1.54) is 15.2 Å². The van der Waals surface area contributed by atoms with E-state index in [1.54, 1.807) is 19.3 Å². The van der Waals surface area contributed by atoms with E-state index in [0.29, 0.717) is 40.6 Å². The first-order valence-corrected chi connectivity index (χ1v) is 11.8. The third kappa shape index (κ3) is 3.54. The third-order valence-electron chi connectivity index (χ3n) is 5.35. The highest BCUT2D eigenvalue weighted by molar-refractivity contribution is 7.92. The van der Waals surface area contributed by atoms with Crippen LogP contribution in [-0.4, -0.2) is 48.9 Å². The molecule has 2 aromatic heterocycles. The highest BCUT2D eigenvalue weighted by atomic mass is 32.2. The topological polar surface area (TPSA) is 97.2 Å². The molecule has 3 aromatic rings. The van der Waals surface area contributed by atoms with Crippen LogP contribution in [0.1, 0.15) is 47.3 Å². The van der Waals surface area contributed by atoms with Gasteiger partial charge in [-0.2, -0.15) is 5.10 Å². The van der Waals surface area contributed by atoms with Gasteiger partial charge >= 0.3 is 0 Å². The number of hydrogen-bond donors (Lipinski definition) is 1. The summed E-state index contributed by atoms with van der Waals surface area (Å²) < 4.78 is 27.7. The highest BCUT2D eigenvalue weighted by Gasteiger charge is 2.32. The Labute approximate surface area is 176 Å². The minimum absolute atomic E-state index is 0.273. The highest BCUT2D eigenvalue weighted by Crippen LogP contribution is 2.46. The van der Waals surface area contributed by atoms with Gasteiger partial charge in [0.1, 0.15) is 5.69 Å². The number of amides is 1. The molecule has 1 aliphatic carbocycles. The summed E-state index contributed by atoms with van der Waals surface area (Å²) >= 11 is 0. The van der Waals surface area contributed by atoms with Gasteiger partial charge in [-0.05, 0) is 61.9 Å². The molecule has 1 aromatic carbocycles. The monoisotopic (exact) mass is 427 g/mol. The van der Waals surface area contributed by atoms with Crippen LogP contribution in [0.5, 0.6) is 0 Å². The van der Waals surface area contributed by atoms with E-state index in [9.17, 15) is 13.2 Å². The van der Waals surface area contributed by atoms with E-state index >= 15 is 0 Å². The van der Waals surface area contributed by atoms with E-state index in [-0.39, 0.29) is 5.91 Å². The summed E-state index contributed by atoms with van der Waals surface area (Å²) in [5.41, 5.74) is 3.52. The lowest BCUT2D eigenvalue weighted by Gasteiger charge is -2.23. The van der Waals surface area contributed by atoms with Gasteiger partial charge in [0.2, 0.25) is 10.0 Å². The van der Waals surface area contributed by atoms with Crippen LogP contribution in [0, 0.1) is 6.92 Å². The Morgan fingerprint density at radius 3 is 2.57 bits per heavy atom. The number of pyridine rings is 1. The van der Waals surface area contributed by atoms with Gasteiger partial charge in [-0.15, -0.1) is 0 Å². The molecule has 8 nitrogen and oxygen atoms in total. The molecule has 1 N–H and O–H groups in total. The van der Waals surface area contributed by atoms with Crippen LogP contribution in [0.3, 0.4) is 0 Å². The van der Waals surface area contributed by atoms with E-state index in [4.69, 9.17) is 0 Å². The first-order valence-electron chi connectivity index (χ1n) is 9.94. The molecular weight excluding hydrogens is 402 g/mol. The number of aromatic nitrogens is 3. The number of anilines is 1. The van der Waals surface area contributed by atoms with Gasteiger partial charge in [-0.1, -0.05) is 6.07 Å². The zero-order valence-corrected chi connectivity index (χ0v) is 18.3. The number of sulfonamides is 1. The number of nitrogens with one attached hydrogen (secondary N) is 1. The van der Waals surface area contributed by atoms with Crippen molar-refractivity contribution in [1.82, 2.24) is 20.1 Å². The van der Waals surface area contributed by atoms with E-state index in [1.807, 2.05) is 32.0 Å². The molecule has 0 bridgehead atoms. The van der Waals surface area contributed by atoms with Crippen molar-refractivity contribution < 1.29 is 13.2 Å². The standard InChI is InChI=1S/C21H25N5O3S/c1-5-25(30(4,28)29)18-11-17-16(10-15(18)14-7-8-14)20(21(27)22-3)26(24-17)19-9-6-13(2)12-23-19/h6,9-12,14H,5,7-8H2,1-4H3,(H,22,27). The summed E-state index contributed by atoms with van der Waals surface area (Å²) in [7, 11) is -1.86. The lowest BCUT2D eigenvalue weighted by Crippen LogP contribution is -2.30. The predicted molar refractivity (Wildman–Crippen MR) is 117 cm³/mol. The first-order chi connectivity index (χ1) is 14.2. The number of nitrogens with zero attached hydrogens (tertiary/aromatic N) is 4. The van der Waals surface area contributed by atoms with Crippen LogP contribution >= 0.6 is 0 Å². The predicted octanol–water partition coefficient (Wildman–Crippen LogP) is 2.75. The molecule has 9 heteroatoms. The minimum atomic E-state index is -3.44. The summed E-state index contributed by atoms with van der Waals surface area (Å²) in [6.45, 7) is 4.08. The van der Waals surface area contributed by atoms with Crippen molar-refractivity contribution in [3.63, 3.8) is 0 Å². The summed E-state index contributed by atoms with van der Waals surface area (Å²) in [5.74, 6) is 0.545. The Morgan fingerprint density at radius 1 is 1.30 bits per heavy atom. The molecule has 0 radical (unpaired) electrons. The van der Waals surface area contributed by atoms with Crippen molar-refractivity contribution in [1.29, 1.82) is 0 Å². The maximum atomic E-state index is 12.8. The first kappa shape index (κ1) is 20.3. The van der Waals surface area contributed by atoms with Gasteiger partial charge in [0.05, 0.1) is 17.5 Å². The molecule has 1 fully saturated rings. The van der Waals surface area contributed by atoms with Crippen molar-refractivity contribution in [2.24, 2.45) is 0 Å². The van der Waals surface area contributed by atoms with Gasteiger partial charge in [-0.3, -0.25) is 9.10 Å². The second-order valence-corrected chi connectivity index (χ2v) is 9.57. The van der Waals surface area contributed by atoms with E-state index < -0.39 is 10.0 Å². The number of aryl methyl sites for hydroxylation is 1. The Balaban J connectivity index is 2.01. The van der Waals surface area contributed by atoms with Gasteiger partial charge in [0.15, 0.2) is 5.82 Å². The Morgan fingerprint density at radius 2 is 2.03 bits per heavy atom. The molecule has 0 unspecified atom stereocenters. The van der Waals surface area contributed by atoms with Gasteiger partial charge in [-0.25, -0.2) is 18.1 Å². The number of benzene rings is 1. The molecule has 158 valence electrons. The largest absolute Gasteiger partial charge is 0.354 e. The van der Waals surface area contributed by atoms with Crippen LogP contribution < -0.4 is 9.62 Å². The van der Waals surface area contributed by atoms with E-state index in [2.05, 4.69) is 15.4 Å². The molecule has 1 saturated carbocycles. The van der Waals surface area contributed by atoms with Crippen molar-refractivity contribution in [2.45, 2.75) is 32.6 Å². The summed E-state index contributed by atoms with van der Waals surface area (Å²) in [4.78, 5) is 17.2. The molecule has 1 aliphatic rings. The maximum absolute atomic E-state index is 12.8. The normalized spacial score (nSPS) is 14.1. The lowest BCUT2D eigenvalue weighted by molar-refractivity contribution is 0.0957. The fourth-order valence-corrected chi connectivity index (χ4v) is 4.73. The second-order valence-electron chi connectivity index (χ2n) is 7.66. The Hall–Kier alpha value is -2.94. The molecule has 2 heterocycles. The summed E-state index contributed by atoms with van der Waals surface area (Å²) in [6, 6.07) is 7.43. The fraction of sp³-hybridized carbons (Fsp3) is 0.381. The van der Waals surface area contributed by atoms with E-state index in [0.717, 1.165) is 24.0 Å². The average Bonchev–Trinajstić information content (AvgIpc) is 3.47.